The van der Waals surface area contributed by atoms with E-state index in [0.29, 0.717) is 19.0 Å². The topological polar surface area (TPSA) is 63.1 Å². The van der Waals surface area contributed by atoms with Crippen molar-refractivity contribution in [1.29, 1.82) is 0 Å². The molecule has 6 nitrogen and oxygen atoms in total. The molecule has 0 radical (unpaired) electrons. The first-order valence-electron chi connectivity index (χ1n) is 8.07. The van der Waals surface area contributed by atoms with E-state index in [-0.39, 0.29) is 5.91 Å². The van der Waals surface area contributed by atoms with Crippen LogP contribution < -0.4 is 5.32 Å². The van der Waals surface area contributed by atoms with E-state index in [0.717, 1.165) is 36.6 Å². The van der Waals surface area contributed by atoms with Gasteiger partial charge in [0, 0.05) is 50.2 Å². The standard InChI is InChI=1S/C17H23N5O/c1-13-10-14(2)22(20-13)9-6-17(23)21-8-5-16(12-21)19-15-4-3-7-18-11-15/h3-4,7,10-11,16,19H,5-6,8-9,12H2,1-2H3. The normalized spacial score (nSPS) is 17.5. The largest absolute Gasteiger partial charge is 0.379 e. The minimum absolute atomic E-state index is 0.202. The molecule has 1 saturated heterocycles. The molecule has 3 rings (SSSR count). The zero-order valence-corrected chi connectivity index (χ0v) is 13.7. The summed E-state index contributed by atoms with van der Waals surface area (Å²) in [6.07, 6.45) is 5.05. The van der Waals surface area contributed by atoms with E-state index >= 15 is 0 Å². The van der Waals surface area contributed by atoms with Crippen LogP contribution >= 0.6 is 0 Å². The van der Waals surface area contributed by atoms with Gasteiger partial charge in [-0.3, -0.25) is 14.5 Å². The molecule has 0 aromatic carbocycles. The third-order valence-corrected chi connectivity index (χ3v) is 4.21. The van der Waals surface area contributed by atoms with E-state index in [4.69, 9.17) is 0 Å². The molecule has 1 N–H and O–H groups in total. The third kappa shape index (κ3) is 3.88. The molecule has 23 heavy (non-hydrogen) atoms. The predicted octanol–water partition coefficient (Wildman–Crippen LogP) is 2.00. The first kappa shape index (κ1) is 15.5. The molecule has 1 atom stereocenters. The van der Waals surface area contributed by atoms with Crippen molar-refractivity contribution in [3.63, 3.8) is 0 Å². The van der Waals surface area contributed by atoms with Crippen LogP contribution in [0.25, 0.3) is 0 Å². The monoisotopic (exact) mass is 313 g/mol. The number of anilines is 1. The van der Waals surface area contributed by atoms with Gasteiger partial charge in [-0.05, 0) is 38.5 Å². The Morgan fingerprint density at radius 3 is 3.00 bits per heavy atom. The second-order valence-electron chi connectivity index (χ2n) is 6.11. The fourth-order valence-electron chi connectivity index (χ4n) is 3.05. The van der Waals surface area contributed by atoms with Gasteiger partial charge in [0.15, 0.2) is 0 Å². The van der Waals surface area contributed by atoms with Gasteiger partial charge in [-0.1, -0.05) is 0 Å². The number of amides is 1. The lowest BCUT2D eigenvalue weighted by Gasteiger charge is -2.18. The first-order chi connectivity index (χ1) is 11.1. The predicted molar refractivity (Wildman–Crippen MR) is 89.2 cm³/mol. The Balaban J connectivity index is 1.48. The smallest absolute Gasteiger partial charge is 0.224 e. The van der Waals surface area contributed by atoms with Crippen LogP contribution in [0.5, 0.6) is 0 Å². The molecule has 2 aromatic rings. The lowest BCUT2D eigenvalue weighted by Crippen LogP contribution is -2.32. The number of nitrogens with zero attached hydrogens (tertiary/aromatic N) is 4. The van der Waals surface area contributed by atoms with Gasteiger partial charge in [0.25, 0.3) is 0 Å². The zero-order valence-electron chi connectivity index (χ0n) is 13.7. The Morgan fingerprint density at radius 2 is 2.30 bits per heavy atom. The zero-order chi connectivity index (χ0) is 16.2. The molecule has 2 aromatic heterocycles. The summed E-state index contributed by atoms with van der Waals surface area (Å²) in [6, 6.07) is 6.25. The lowest BCUT2D eigenvalue weighted by atomic mass is 10.2. The molecule has 1 amide bonds. The van der Waals surface area contributed by atoms with Gasteiger partial charge in [0.05, 0.1) is 11.4 Å². The molecule has 0 saturated carbocycles. The highest BCUT2D eigenvalue weighted by molar-refractivity contribution is 5.76. The van der Waals surface area contributed by atoms with Crippen LogP contribution in [0.15, 0.2) is 30.6 Å². The van der Waals surface area contributed by atoms with Gasteiger partial charge in [-0.2, -0.15) is 5.10 Å². The Morgan fingerprint density at radius 1 is 1.43 bits per heavy atom. The maximum absolute atomic E-state index is 12.4. The number of carbonyl (C=O) groups excluding carboxylic acids is 1. The number of nitrogens with one attached hydrogen (secondary N) is 1. The van der Waals surface area contributed by atoms with Crippen LogP contribution in [0.2, 0.25) is 0 Å². The molecule has 0 spiro atoms. The second kappa shape index (κ2) is 6.81. The van der Waals surface area contributed by atoms with Gasteiger partial charge >= 0.3 is 0 Å². The van der Waals surface area contributed by atoms with Crippen molar-refractivity contribution in [1.82, 2.24) is 19.7 Å². The fraction of sp³-hybridized carbons (Fsp3) is 0.471. The summed E-state index contributed by atoms with van der Waals surface area (Å²) in [5.41, 5.74) is 3.11. The molecular weight excluding hydrogens is 290 g/mol. The molecule has 3 heterocycles. The number of hydrogen-bond acceptors (Lipinski definition) is 4. The van der Waals surface area contributed by atoms with Crippen LogP contribution in [0.4, 0.5) is 5.69 Å². The van der Waals surface area contributed by atoms with Crippen molar-refractivity contribution in [3.05, 3.63) is 42.0 Å². The minimum atomic E-state index is 0.202. The number of rotatable bonds is 5. The van der Waals surface area contributed by atoms with Crippen molar-refractivity contribution in [2.75, 3.05) is 18.4 Å². The van der Waals surface area contributed by atoms with Crippen LogP contribution in [-0.2, 0) is 11.3 Å². The fourth-order valence-corrected chi connectivity index (χ4v) is 3.05. The quantitative estimate of drug-likeness (QED) is 0.917. The second-order valence-corrected chi connectivity index (χ2v) is 6.11. The highest BCUT2D eigenvalue weighted by atomic mass is 16.2. The molecule has 0 aliphatic carbocycles. The van der Waals surface area contributed by atoms with Gasteiger partial charge in [-0.25, -0.2) is 0 Å². The molecule has 0 bridgehead atoms. The van der Waals surface area contributed by atoms with E-state index in [1.54, 1.807) is 6.20 Å². The van der Waals surface area contributed by atoms with Crippen LogP contribution in [0.1, 0.15) is 24.2 Å². The van der Waals surface area contributed by atoms with Crippen molar-refractivity contribution in [2.45, 2.75) is 39.3 Å². The number of aromatic nitrogens is 3. The Bertz CT molecular complexity index is 667. The van der Waals surface area contributed by atoms with E-state index < -0.39 is 0 Å². The number of pyridine rings is 1. The number of aryl methyl sites for hydroxylation is 3. The minimum Gasteiger partial charge on any atom is -0.379 e. The van der Waals surface area contributed by atoms with Crippen molar-refractivity contribution in [2.24, 2.45) is 0 Å². The molecular formula is C17H23N5O. The lowest BCUT2D eigenvalue weighted by molar-refractivity contribution is -0.130. The number of carbonyl (C=O) groups is 1. The summed E-state index contributed by atoms with van der Waals surface area (Å²) in [7, 11) is 0. The SMILES string of the molecule is Cc1cc(C)n(CCC(=O)N2CCC(Nc3cccnc3)C2)n1. The molecule has 1 fully saturated rings. The summed E-state index contributed by atoms with van der Waals surface area (Å²) < 4.78 is 1.91. The van der Waals surface area contributed by atoms with E-state index in [1.165, 1.54) is 0 Å². The summed E-state index contributed by atoms with van der Waals surface area (Å²) in [4.78, 5) is 18.4. The highest BCUT2D eigenvalue weighted by Gasteiger charge is 2.25. The summed E-state index contributed by atoms with van der Waals surface area (Å²) in [5, 5.41) is 7.84. The van der Waals surface area contributed by atoms with E-state index in [2.05, 4.69) is 15.4 Å². The van der Waals surface area contributed by atoms with Gasteiger partial charge in [0.2, 0.25) is 5.91 Å². The van der Waals surface area contributed by atoms with Crippen LogP contribution in [0.3, 0.4) is 0 Å². The third-order valence-electron chi connectivity index (χ3n) is 4.21. The summed E-state index contributed by atoms with van der Waals surface area (Å²) >= 11 is 0. The average molecular weight is 313 g/mol. The van der Waals surface area contributed by atoms with Crippen LogP contribution in [-0.4, -0.2) is 44.7 Å². The van der Waals surface area contributed by atoms with Gasteiger partial charge in [-0.15, -0.1) is 0 Å². The molecule has 6 heteroatoms. The maximum Gasteiger partial charge on any atom is 0.224 e. The molecule has 1 aliphatic heterocycles. The first-order valence-corrected chi connectivity index (χ1v) is 8.07. The van der Waals surface area contributed by atoms with E-state index in [1.807, 2.05) is 47.8 Å². The Labute approximate surface area is 136 Å². The maximum atomic E-state index is 12.4. The summed E-state index contributed by atoms with van der Waals surface area (Å²) in [6.45, 7) is 6.21. The van der Waals surface area contributed by atoms with Crippen molar-refractivity contribution < 1.29 is 4.79 Å². The number of likely N-dealkylation sites (tertiary alicyclic amines) is 1. The van der Waals surface area contributed by atoms with Gasteiger partial charge in [0.1, 0.15) is 0 Å². The Kier molecular flexibility index (Phi) is 4.60. The van der Waals surface area contributed by atoms with Crippen molar-refractivity contribution in [3.8, 4) is 0 Å². The highest BCUT2D eigenvalue weighted by Crippen LogP contribution is 2.16. The summed E-state index contributed by atoms with van der Waals surface area (Å²) in [5.74, 6) is 0.202. The van der Waals surface area contributed by atoms with E-state index in [9.17, 15) is 4.79 Å². The molecule has 122 valence electrons. The Hall–Kier alpha value is -2.37. The average Bonchev–Trinajstić information content (AvgIpc) is 3.12. The van der Waals surface area contributed by atoms with Crippen LogP contribution in [0, 0.1) is 13.8 Å². The van der Waals surface area contributed by atoms with Gasteiger partial charge < -0.3 is 10.2 Å². The molecule has 1 aliphatic rings. The van der Waals surface area contributed by atoms with Crippen molar-refractivity contribution >= 4 is 11.6 Å². The molecule has 1 unspecified atom stereocenters. The number of hydrogen-bond donors (Lipinski definition) is 1.